The van der Waals surface area contributed by atoms with E-state index >= 15 is 0 Å². The maximum Gasteiger partial charge on any atom is 0.315 e. The predicted molar refractivity (Wildman–Crippen MR) is 79.8 cm³/mol. The summed E-state index contributed by atoms with van der Waals surface area (Å²) in [4.78, 5) is 11.1. The van der Waals surface area contributed by atoms with Crippen LogP contribution in [0.3, 0.4) is 0 Å². The van der Waals surface area contributed by atoms with Crippen molar-refractivity contribution in [2.24, 2.45) is 0 Å². The molecule has 0 radical (unpaired) electrons. The fraction of sp³-hybridized carbons (Fsp3) is 0.400. The summed E-state index contributed by atoms with van der Waals surface area (Å²) in [5.41, 5.74) is 1.89. The lowest BCUT2D eigenvalue weighted by Gasteiger charge is -2.07. The van der Waals surface area contributed by atoms with Crippen molar-refractivity contribution >= 4 is 17.7 Å². The minimum absolute atomic E-state index is 0.0512. The molecule has 5 heteroatoms. The Kier molecular flexibility index (Phi) is 7.63. The highest BCUT2D eigenvalue weighted by Gasteiger charge is 2.05. The largest absolute Gasteiger partial charge is 0.497 e. The van der Waals surface area contributed by atoms with Gasteiger partial charge in [0, 0.05) is 17.7 Å². The van der Waals surface area contributed by atoms with Crippen LogP contribution >= 0.6 is 11.8 Å². The lowest BCUT2D eigenvalue weighted by molar-refractivity contribution is -0.137. The van der Waals surface area contributed by atoms with Crippen molar-refractivity contribution < 1.29 is 19.4 Å². The van der Waals surface area contributed by atoms with Gasteiger partial charge in [0.15, 0.2) is 0 Å². The number of thioether (sulfide) groups is 1. The Hall–Kier alpha value is -1.64. The van der Waals surface area contributed by atoms with E-state index in [1.54, 1.807) is 7.11 Å². The number of aliphatic hydroxyl groups excluding tert-OH is 1. The molecule has 0 aromatic heterocycles. The van der Waals surface area contributed by atoms with Gasteiger partial charge in [0.2, 0.25) is 0 Å². The van der Waals surface area contributed by atoms with Gasteiger partial charge in [-0.15, -0.1) is 11.8 Å². The minimum atomic E-state index is -0.245. The quantitative estimate of drug-likeness (QED) is 0.641. The van der Waals surface area contributed by atoms with Gasteiger partial charge in [-0.3, -0.25) is 4.79 Å². The third-order valence-corrected chi connectivity index (χ3v) is 3.43. The van der Waals surface area contributed by atoms with Crippen molar-refractivity contribution in [1.82, 2.24) is 0 Å². The molecule has 0 unspecified atom stereocenters. The van der Waals surface area contributed by atoms with E-state index in [0.717, 1.165) is 16.9 Å². The van der Waals surface area contributed by atoms with E-state index < -0.39 is 0 Å². The summed E-state index contributed by atoms with van der Waals surface area (Å²) in [6, 6.07) is 5.64. The van der Waals surface area contributed by atoms with Gasteiger partial charge in [-0.2, -0.15) is 0 Å². The normalized spacial score (nSPS) is 9.55. The summed E-state index contributed by atoms with van der Waals surface area (Å²) in [5.74, 6) is 7.38. The standard InChI is InChI=1S/C15H18O4S/c1-18-14-7-6-12(5-3-4-8-16)13(9-14)10-20-11-15(17)19-2/h6-7,9,16H,4,8,10-11H2,1-2H3. The average molecular weight is 294 g/mol. The molecule has 0 saturated heterocycles. The molecule has 0 bridgehead atoms. The molecule has 0 atom stereocenters. The highest BCUT2D eigenvalue weighted by molar-refractivity contribution is 7.99. The maximum atomic E-state index is 11.1. The number of hydrogen-bond donors (Lipinski definition) is 1. The number of carbonyl (C=O) groups is 1. The number of hydrogen-bond acceptors (Lipinski definition) is 5. The van der Waals surface area contributed by atoms with Gasteiger partial charge in [0.1, 0.15) is 5.75 Å². The summed E-state index contributed by atoms with van der Waals surface area (Å²) in [5, 5.41) is 8.75. The van der Waals surface area contributed by atoms with Crippen LogP contribution in [-0.2, 0) is 15.3 Å². The highest BCUT2D eigenvalue weighted by atomic mass is 32.2. The first kappa shape index (κ1) is 16.4. The molecular weight excluding hydrogens is 276 g/mol. The third-order valence-electron chi connectivity index (χ3n) is 2.48. The second-order valence-electron chi connectivity index (χ2n) is 3.87. The van der Waals surface area contributed by atoms with E-state index in [-0.39, 0.29) is 12.6 Å². The van der Waals surface area contributed by atoms with Crippen LogP contribution in [-0.4, -0.2) is 37.7 Å². The summed E-state index contributed by atoms with van der Waals surface area (Å²) in [6.07, 6.45) is 0.445. The Labute approximate surface area is 123 Å². The zero-order chi connectivity index (χ0) is 14.8. The highest BCUT2D eigenvalue weighted by Crippen LogP contribution is 2.22. The third kappa shape index (κ3) is 5.55. The summed E-state index contributed by atoms with van der Waals surface area (Å²) >= 11 is 1.46. The fourth-order valence-corrected chi connectivity index (χ4v) is 2.30. The lowest BCUT2D eigenvalue weighted by atomic mass is 10.1. The Bertz CT molecular complexity index is 502. The number of aliphatic hydroxyl groups is 1. The van der Waals surface area contributed by atoms with Crippen LogP contribution in [0.15, 0.2) is 18.2 Å². The van der Waals surface area contributed by atoms with Crippen LogP contribution in [0.5, 0.6) is 5.75 Å². The van der Waals surface area contributed by atoms with Gasteiger partial charge >= 0.3 is 5.97 Å². The van der Waals surface area contributed by atoms with Crippen LogP contribution < -0.4 is 4.74 Å². The molecule has 4 nitrogen and oxygen atoms in total. The molecule has 0 aliphatic carbocycles. The molecule has 0 spiro atoms. The molecule has 108 valence electrons. The molecule has 1 aromatic carbocycles. The molecule has 20 heavy (non-hydrogen) atoms. The average Bonchev–Trinajstić information content (AvgIpc) is 2.48. The van der Waals surface area contributed by atoms with Crippen molar-refractivity contribution in [1.29, 1.82) is 0 Å². The molecule has 0 amide bonds. The smallest absolute Gasteiger partial charge is 0.315 e. The van der Waals surface area contributed by atoms with Crippen LogP contribution in [0.25, 0.3) is 0 Å². The van der Waals surface area contributed by atoms with Crippen molar-refractivity contribution in [3.05, 3.63) is 29.3 Å². The topological polar surface area (TPSA) is 55.8 Å². The zero-order valence-corrected chi connectivity index (χ0v) is 12.5. The van der Waals surface area contributed by atoms with Gasteiger partial charge in [-0.25, -0.2) is 0 Å². The molecular formula is C15H18O4S. The summed E-state index contributed by atoms with van der Waals surface area (Å²) in [6.45, 7) is 0.0512. The van der Waals surface area contributed by atoms with Crippen molar-refractivity contribution in [2.75, 3.05) is 26.6 Å². The van der Waals surface area contributed by atoms with Crippen molar-refractivity contribution in [3.8, 4) is 17.6 Å². The van der Waals surface area contributed by atoms with Crippen LogP contribution in [0.4, 0.5) is 0 Å². The van der Waals surface area contributed by atoms with Gasteiger partial charge in [0.05, 0.1) is 26.6 Å². The first-order chi connectivity index (χ1) is 9.71. The Morgan fingerprint density at radius 2 is 2.20 bits per heavy atom. The number of rotatable bonds is 6. The van der Waals surface area contributed by atoms with E-state index in [9.17, 15) is 4.79 Å². The first-order valence-electron chi connectivity index (χ1n) is 6.12. The SMILES string of the molecule is COC(=O)CSCc1cc(OC)ccc1C#CCCO. The fourth-order valence-electron chi connectivity index (χ4n) is 1.46. The maximum absolute atomic E-state index is 11.1. The number of ether oxygens (including phenoxy) is 2. The second kappa shape index (κ2) is 9.29. The van der Waals surface area contributed by atoms with Crippen LogP contribution in [0.1, 0.15) is 17.5 Å². The van der Waals surface area contributed by atoms with Gasteiger partial charge in [-0.05, 0) is 23.8 Å². The first-order valence-corrected chi connectivity index (χ1v) is 7.28. The molecule has 0 aliphatic rings. The number of benzene rings is 1. The van der Waals surface area contributed by atoms with E-state index in [4.69, 9.17) is 9.84 Å². The predicted octanol–water partition coefficient (Wildman–Crippen LogP) is 1.84. The zero-order valence-electron chi connectivity index (χ0n) is 11.6. The molecule has 1 aromatic rings. The Morgan fingerprint density at radius 1 is 1.40 bits per heavy atom. The van der Waals surface area contributed by atoms with Gasteiger partial charge in [-0.1, -0.05) is 11.8 Å². The monoisotopic (exact) mass is 294 g/mol. The number of methoxy groups -OCH3 is 2. The molecule has 0 aliphatic heterocycles. The van der Waals surface area contributed by atoms with Gasteiger partial charge in [0.25, 0.3) is 0 Å². The molecule has 1 rings (SSSR count). The minimum Gasteiger partial charge on any atom is -0.497 e. The Balaban J connectivity index is 2.79. The Morgan fingerprint density at radius 3 is 2.85 bits per heavy atom. The van der Waals surface area contributed by atoms with Crippen LogP contribution in [0, 0.1) is 11.8 Å². The molecule has 0 fully saturated rings. The number of carbonyl (C=O) groups excluding carboxylic acids is 1. The van der Waals surface area contributed by atoms with Crippen molar-refractivity contribution in [3.63, 3.8) is 0 Å². The molecule has 1 N–H and O–H groups in total. The summed E-state index contributed by atoms with van der Waals surface area (Å²) < 4.78 is 9.80. The van der Waals surface area contributed by atoms with E-state index in [0.29, 0.717) is 17.9 Å². The lowest BCUT2D eigenvalue weighted by Crippen LogP contribution is -2.03. The van der Waals surface area contributed by atoms with Crippen LogP contribution in [0.2, 0.25) is 0 Å². The summed E-state index contributed by atoms with van der Waals surface area (Å²) in [7, 11) is 2.98. The van der Waals surface area contributed by atoms with Gasteiger partial charge < -0.3 is 14.6 Å². The number of esters is 1. The molecule has 0 saturated carbocycles. The van der Waals surface area contributed by atoms with E-state index in [2.05, 4.69) is 16.6 Å². The van der Waals surface area contributed by atoms with E-state index in [1.165, 1.54) is 18.9 Å². The van der Waals surface area contributed by atoms with E-state index in [1.807, 2.05) is 18.2 Å². The van der Waals surface area contributed by atoms with Crippen molar-refractivity contribution in [2.45, 2.75) is 12.2 Å². The molecule has 0 heterocycles. The second-order valence-corrected chi connectivity index (χ2v) is 4.85.